The minimum absolute atomic E-state index is 0.0252. The third-order valence-corrected chi connectivity index (χ3v) is 6.89. The summed E-state index contributed by atoms with van der Waals surface area (Å²) in [5, 5.41) is 2.77. The number of nitrogens with one attached hydrogen (secondary N) is 1. The Kier molecular flexibility index (Phi) is 8.98. The number of methoxy groups -OCH3 is 1. The standard InChI is InChI=1S/C29H36N4O4/c1-4-32(5-2)28(34)23-13-11-22(12-14-23)27(24-8-6-9-25(20-24)30-29(35)36-3)33-17-15-31(16-18-33)21-26-10-7-19-37-26/h6-14,19-20,27H,4-5,15-18,21H2,1-3H3,(H,30,35)/t27-/m1/s1. The molecule has 1 aliphatic rings. The van der Waals surface area contributed by atoms with Crippen LogP contribution in [0.5, 0.6) is 0 Å². The molecule has 37 heavy (non-hydrogen) atoms. The van der Waals surface area contributed by atoms with E-state index in [4.69, 9.17) is 9.15 Å². The van der Waals surface area contributed by atoms with Gasteiger partial charge in [-0.25, -0.2) is 4.79 Å². The number of hydrogen-bond donors (Lipinski definition) is 1. The van der Waals surface area contributed by atoms with Crippen LogP contribution in [0.3, 0.4) is 0 Å². The Labute approximate surface area is 218 Å². The topological polar surface area (TPSA) is 78.3 Å². The SMILES string of the molecule is CCN(CC)C(=O)c1ccc([C@H](c2cccc(NC(=O)OC)c2)N2CCN(Cc3ccco3)CC2)cc1. The Morgan fingerprint density at radius 3 is 2.32 bits per heavy atom. The zero-order chi connectivity index (χ0) is 26.2. The van der Waals surface area contributed by atoms with Crippen LogP contribution in [0.2, 0.25) is 0 Å². The van der Waals surface area contributed by atoms with Gasteiger partial charge in [-0.05, 0) is 61.4 Å². The first kappa shape index (κ1) is 26.4. The largest absolute Gasteiger partial charge is 0.468 e. The molecule has 1 aliphatic heterocycles. The lowest BCUT2D eigenvalue weighted by Gasteiger charge is -2.39. The number of amides is 2. The maximum absolute atomic E-state index is 12.9. The molecule has 1 N–H and O–H groups in total. The summed E-state index contributed by atoms with van der Waals surface area (Å²) in [6.07, 6.45) is 1.21. The molecule has 2 aromatic carbocycles. The first-order chi connectivity index (χ1) is 18.0. The Bertz CT molecular complexity index is 1150. The number of furan rings is 1. The van der Waals surface area contributed by atoms with Crippen LogP contribution in [0.25, 0.3) is 0 Å². The molecule has 2 heterocycles. The van der Waals surface area contributed by atoms with Crippen molar-refractivity contribution in [2.75, 3.05) is 51.7 Å². The van der Waals surface area contributed by atoms with Gasteiger partial charge in [-0.3, -0.25) is 19.9 Å². The molecule has 1 atom stereocenters. The predicted molar refractivity (Wildman–Crippen MR) is 144 cm³/mol. The summed E-state index contributed by atoms with van der Waals surface area (Å²) in [7, 11) is 1.35. The highest BCUT2D eigenvalue weighted by Gasteiger charge is 2.27. The van der Waals surface area contributed by atoms with Crippen LogP contribution in [0.15, 0.2) is 71.3 Å². The highest BCUT2D eigenvalue weighted by Crippen LogP contribution is 2.32. The fourth-order valence-corrected chi connectivity index (χ4v) is 4.87. The molecular formula is C29H36N4O4. The van der Waals surface area contributed by atoms with E-state index in [9.17, 15) is 9.59 Å². The molecule has 0 aliphatic carbocycles. The van der Waals surface area contributed by atoms with Crippen LogP contribution in [-0.4, -0.2) is 73.1 Å². The normalized spacial score (nSPS) is 15.2. The van der Waals surface area contributed by atoms with Crippen LogP contribution in [0.4, 0.5) is 10.5 Å². The average Bonchev–Trinajstić information content (AvgIpc) is 3.44. The quantitative estimate of drug-likeness (QED) is 0.449. The molecule has 1 fully saturated rings. The van der Waals surface area contributed by atoms with Gasteiger partial charge in [0, 0.05) is 50.5 Å². The van der Waals surface area contributed by atoms with Crippen molar-refractivity contribution >= 4 is 17.7 Å². The smallest absolute Gasteiger partial charge is 0.411 e. The number of hydrogen-bond acceptors (Lipinski definition) is 6. The van der Waals surface area contributed by atoms with Crippen molar-refractivity contribution in [1.82, 2.24) is 14.7 Å². The Morgan fingerprint density at radius 1 is 0.973 bits per heavy atom. The minimum Gasteiger partial charge on any atom is -0.468 e. The van der Waals surface area contributed by atoms with Gasteiger partial charge in [-0.2, -0.15) is 0 Å². The molecule has 2 amide bonds. The zero-order valence-electron chi connectivity index (χ0n) is 21.9. The van der Waals surface area contributed by atoms with Crippen molar-refractivity contribution in [2.45, 2.75) is 26.4 Å². The van der Waals surface area contributed by atoms with E-state index in [1.54, 1.807) is 6.26 Å². The van der Waals surface area contributed by atoms with Crippen molar-refractivity contribution in [2.24, 2.45) is 0 Å². The highest BCUT2D eigenvalue weighted by atomic mass is 16.5. The Morgan fingerprint density at radius 2 is 1.70 bits per heavy atom. The molecule has 8 heteroatoms. The molecule has 8 nitrogen and oxygen atoms in total. The lowest BCUT2D eigenvalue weighted by Crippen LogP contribution is -2.47. The molecule has 0 saturated carbocycles. The molecule has 3 aromatic rings. The van der Waals surface area contributed by atoms with Crippen molar-refractivity contribution in [3.8, 4) is 0 Å². The first-order valence-corrected chi connectivity index (χ1v) is 12.8. The third kappa shape index (κ3) is 6.58. The van der Waals surface area contributed by atoms with Crippen LogP contribution in [0.1, 0.15) is 47.1 Å². The second-order valence-corrected chi connectivity index (χ2v) is 9.14. The maximum Gasteiger partial charge on any atom is 0.411 e. The van der Waals surface area contributed by atoms with Gasteiger partial charge in [0.15, 0.2) is 0 Å². The highest BCUT2D eigenvalue weighted by molar-refractivity contribution is 5.94. The maximum atomic E-state index is 12.9. The van der Waals surface area contributed by atoms with Gasteiger partial charge in [0.25, 0.3) is 5.91 Å². The van der Waals surface area contributed by atoms with E-state index in [2.05, 4.69) is 33.3 Å². The summed E-state index contributed by atoms with van der Waals surface area (Å²) in [6, 6.07) is 19.7. The molecular weight excluding hydrogens is 468 g/mol. The lowest BCUT2D eigenvalue weighted by molar-refractivity contribution is 0.0772. The molecule has 0 radical (unpaired) electrons. The number of anilines is 1. The molecule has 1 saturated heterocycles. The number of carbonyl (C=O) groups excluding carboxylic acids is 2. The molecule has 0 unspecified atom stereocenters. The van der Waals surface area contributed by atoms with Crippen LogP contribution in [0, 0.1) is 0 Å². The van der Waals surface area contributed by atoms with Crippen molar-refractivity contribution in [3.05, 3.63) is 89.4 Å². The second-order valence-electron chi connectivity index (χ2n) is 9.14. The molecule has 4 rings (SSSR count). The Balaban J connectivity index is 1.58. The van der Waals surface area contributed by atoms with Crippen LogP contribution >= 0.6 is 0 Å². The molecule has 0 spiro atoms. The van der Waals surface area contributed by atoms with E-state index in [0.29, 0.717) is 24.3 Å². The molecule has 196 valence electrons. The summed E-state index contributed by atoms with van der Waals surface area (Å²) in [6.45, 7) is 9.72. The lowest BCUT2D eigenvalue weighted by atomic mass is 9.95. The average molecular weight is 505 g/mol. The monoisotopic (exact) mass is 504 g/mol. The number of ether oxygens (including phenoxy) is 1. The molecule has 1 aromatic heterocycles. The number of benzene rings is 2. The van der Waals surface area contributed by atoms with Crippen molar-refractivity contribution < 1.29 is 18.7 Å². The van der Waals surface area contributed by atoms with Gasteiger partial charge in [0.1, 0.15) is 5.76 Å². The summed E-state index contributed by atoms with van der Waals surface area (Å²) < 4.78 is 10.3. The summed E-state index contributed by atoms with van der Waals surface area (Å²) in [4.78, 5) is 31.3. The Hall–Kier alpha value is -3.62. The third-order valence-electron chi connectivity index (χ3n) is 6.89. The van der Waals surface area contributed by atoms with E-state index < -0.39 is 6.09 Å². The van der Waals surface area contributed by atoms with Crippen LogP contribution < -0.4 is 5.32 Å². The van der Waals surface area contributed by atoms with E-state index in [1.165, 1.54) is 7.11 Å². The summed E-state index contributed by atoms with van der Waals surface area (Å²) in [5.74, 6) is 1.02. The van der Waals surface area contributed by atoms with Gasteiger partial charge in [-0.1, -0.05) is 24.3 Å². The van der Waals surface area contributed by atoms with E-state index in [-0.39, 0.29) is 11.9 Å². The van der Waals surface area contributed by atoms with Gasteiger partial charge < -0.3 is 14.1 Å². The van der Waals surface area contributed by atoms with Gasteiger partial charge >= 0.3 is 6.09 Å². The fraction of sp³-hybridized carbons (Fsp3) is 0.379. The van der Waals surface area contributed by atoms with Crippen molar-refractivity contribution in [1.29, 1.82) is 0 Å². The second kappa shape index (κ2) is 12.6. The van der Waals surface area contributed by atoms with E-state index >= 15 is 0 Å². The van der Waals surface area contributed by atoms with Gasteiger partial charge in [0.2, 0.25) is 0 Å². The van der Waals surface area contributed by atoms with Gasteiger partial charge in [0.05, 0.1) is 26.0 Å². The zero-order valence-corrected chi connectivity index (χ0v) is 21.9. The molecule has 0 bridgehead atoms. The summed E-state index contributed by atoms with van der Waals surface area (Å²) >= 11 is 0. The van der Waals surface area contributed by atoms with Gasteiger partial charge in [-0.15, -0.1) is 0 Å². The number of rotatable bonds is 9. The number of carbonyl (C=O) groups is 2. The fourth-order valence-electron chi connectivity index (χ4n) is 4.87. The first-order valence-electron chi connectivity index (χ1n) is 12.8. The van der Waals surface area contributed by atoms with Crippen molar-refractivity contribution in [3.63, 3.8) is 0 Å². The minimum atomic E-state index is -0.500. The van der Waals surface area contributed by atoms with E-state index in [1.807, 2.05) is 61.2 Å². The predicted octanol–water partition coefficient (Wildman–Crippen LogP) is 4.85. The van der Waals surface area contributed by atoms with E-state index in [0.717, 1.165) is 49.6 Å². The summed E-state index contributed by atoms with van der Waals surface area (Å²) in [5.41, 5.74) is 3.54. The number of piperazine rings is 1. The van der Waals surface area contributed by atoms with Crippen LogP contribution in [-0.2, 0) is 11.3 Å². The number of nitrogens with zero attached hydrogens (tertiary/aromatic N) is 3.